The fourth-order valence-electron chi connectivity index (χ4n) is 1.44. The summed E-state index contributed by atoms with van der Waals surface area (Å²) in [5.41, 5.74) is 2.05. The van der Waals surface area contributed by atoms with Gasteiger partial charge in [-0.05, 0) is 25.1 Å². The van der Waals surface area contributed by atoms with Crippen LogP contribution >= 0.6 is 34.8 Å². The molecule has 0 saturated carbocycles. The highest BCUT2D eigenvalue weighted by Crippen LogP contribution is 2.33. The summed E-state index contributed by atoms with van der Waals surface area (Å²) in [6, 6.07) is 3.47. The lowest BCUT2D eigenvalue weighted by atomic mass is 10.1. The van der Waals surface area contributed by atoms with E-state index in [1.54, 1.807) is 12.1 Å². The first-order valence-corrected chi connectivity index (χ1v) is 6.77. The van der Waals surface area contributed by atoms with E-state index in [9.17, 15) is 0 Å². The van der Waals surface area contributed by atoms with Crippen LogP contribution in [-0.2, 0) is 0 Å². The van der Waals surface area contributed by atoms with E-state index >= 15 is 0 Å². The van der Waals surface area contributed by atoms with Crippen molar-refractivity contribution in [2.45, 2.75) is 20.3 Å². The van der Waals surface area contributed by atoms with Crippen molar-refractivity contribution in [1.29, 1.82) is 0 Å². The Bertz CT molecular complexity index is 413. The van der Waals surface area contributed by atoms with Crippen molar-refractivity contribution < 1.29 is 0 Å². The summed E-state index contributed by atoms with van der Waals surface area (Å²) in [6.45, 7) is 5.96. The summed E-state index contributed by atoms with van der Waals surface area (Å²) in [7, 11) is 0. The number of halogens is 3. The molecule has 1 N–H and O–H groups in total. The fourth-order valence-corrected chi connectivity index (χ4v) is 2.09. The second-order valence-electron chi connectivity index (χ2n) is 3.69. The Balaban J connectivity index is 3.06. The third-order valence-corrected chi connectivity index (χ3v) is 3.63. The summed E-state index contributed by atoms with van der Waals surface area (Å²) < 4.78 is 0. The van der Waals surface area contributed by atoms with Gasteiger partial charge in [-0.1, -0.05) is 60.3 Å². The van der Waals surface area contributed by atoms with Crippen LogP contribution in [0.15, 0.2) is 17.7 Å². The van der Waals surface area contributed by atoms with Crippen molar-refractivity contribution in [1.82, 2.24) is 5.32 Å². The third kappa shape index (κ3) is 4.18. The number of nitrogens with one attached hydrogen (secondary N) is 1. The van der Waals surface area contributed by atoms with Crippen molar-refractivity contribution in [3.8, 4) is 0 Å². The molecule has 0 aliphatic rings. The maximum atomic E-state index is 6.15. The standard InChI is InChI=1S/C13H16Cl3N/c1-3-9(8-17-4-2)7-10-11(14)5-6-12(15)13(10)16/h5-7,17H,3-4,8H2,1-2H3/b9-7+. The van der Waals surface area contributed by atoms with E-state index in [1.807, 2.05) is 6.08 Å². The van der Waals surface area contributed by atoms with E-state index in [0.717, 1.165) is 25.1 Å². The Morgan fingerprint density at radius 2 is 1.82 bits per heavy atom. The van der Waals surface area contributed by atoms with Crippen LogP contribution in [0, 0.1) is 0 Å². The zero-order chi connectivity index (χ0) is 12.8. The van der Waals surface area contributed by atoms with Gasteiger partial charge in [0.1, 0.15) is 0 Å². The van der Waals surface area contributed by atoms with Crippen LogP contribution in [0.25, 0.3) is 6.08 Å². The van der Waals surface area contributed by atoms with Gasteiger partial charge >= 0.3 is 0 Å². The molecule has 0 aliphatic heterocycles. The van der Waals surface area contributed by atoms with Gasteiger partial charge in [0.05, 0.1) is 10.0 Å². The highest BCUT2D eigenvalue weighted by Gasteiger charge is 2.08. The van der Waals surface area contributed by atoms with Gasteiger partial charge in [-0.15, -0.1) is 0 Å². The minimum absolute atomic E-state index is 0.515. The molecule has 0 aromatic heterocycles. The Hall–Kier alpha value is -0.210. The third-order valence-electron chi connectivity index (χ3n) is 2.48. The van der Waals surface area contributed by atoms with Crippen molar-refractivity contribution >= 4 is 40.9 Å². The van der Waals surface area contributed by atoms with Crippen LogP contribution in [0.1, 0.15) is 25.8 Å². The molecule has 0 spiro atoms. The number of benzene rings is 1. The van der Waals surface area contributed by atoms with Crippen LogP contribution in [0.3, 0.4) is 0 Å². The molecule has 94 valence electrons. The van der Waals surface area contributed by atoms with Gasteiger partial charge in [-0.3, -0.25) is 0 Å². The van der Waals surface area contributed by atoms with Crippen molar-refractivity contribution in [2.24, 2.45) is 0 Å². The first kappa shape index (κ1) is 14.8. The molecule has 0 atom stereocenters. The normalized spacial score (nSPS) is 11.9. The predicted molar refractivity (Wildman–Crippen MR) is 78.3 cm³/mol. The molecule has 0 unspecified atom stereocenters. The molecular weight excluding hydrogens is 277 g/mol. The molecule has 17 heavy (non-hydrogen) atoms. The zero-order valence-electron chi connectivity index (χ0n) is 9.99. The second-order valence-corrected chi connectivity index (χ2v) is 4.89. The minimum Gasteiger partial charge on any atom is -0.313 e. The van der Waals surface area contributed by atoms with Gasteiger partial charge in [0.25, 0.3) is 0 Å². The van der Waals surface area contributed by atoms with Crippen LogP contribution in [0.5, 0.6) is 0 Å². The molecule has 0 bridgehead atoms. The van der Waals surface area contributed by atoms with E-state index in [-0.39, 0.29) is 0 Å². The first-order chi connectivity index (χ1) is 8.10. The average molecular weight is 293 g/mol. The molecule has 0 saturated heterocycles. The molecule has 0 heterocycles. The van der Waals surface area contributed by atoms with Gasteiger partial charge in [-0.25, -0.2) is 0 Å². The molecule has 1 aromatic rings. The Morgan fingerprint density at radius 3 is 2.41 bits per heavy atom. The SMILES string of the molecule is CCNC/C(=C/c1c(Cl)ccc(Cl)c1Cl)CC. The van der Waals surface area contributed by atoms with Gasteiger partial charge in [-0.2, -0.15) is 0 Å². The number of hydrogen-bond donors (Lipinski definition) is 1. The molecule has 4 heteroatoms. The van der Waals surface area contributed by atoms with Crippen LogP contribution in [0.4, 0.5) is 0 Å². The Morgan fingerprint density at radius 1 is 1.18 bits per heavy atom. The van der Waals surface area contributed by atoms with E-state index in [4.69, 9.17) is 34.8 Å². The van der Waals surface area contributed by atoms with Crippen LogP contribution in [-0.4, -0.2) is 13.1 Å². The zero-order valence-corrected chi connectivity index (χ0v) is 12.3. The lowest BCUT2D eigenvalue weighted by Crippen LogP contribution is -2.15. The van der Waals surface area contributed by atoms with E-state index in [0.29, 0.717) is 15.1 Å². The molecule has 1 rings (SSSR count). The minimum atomic E-state index is 0.515. The van der Waals surface area contributed by atoms with E-state index < -0.39 is 0 Å². The second kappa shape index (κ2) is 7.27. The van der Waals surface area contributed by atoms with E-state index in [2.05, 4.69) is 19.2 Å². The van der Waals surface area contributed by atoms with Gasteiger partial charge in [0.2, 0.25) is 0 Å². The number of likely N-dealkylation sites (N-methyl/N-ethyl adjacent to an activating group) is 1. The smallest absolute Gasteiger partial charge is 0.0679 e. The largest absolute Gasteiger partial charge is 0.313 e. The molecular formula is C13H16Cl3N. The van der Waals surface area contributed by atoms with Crippen LogP contribution < -0.4 is 5.32 Å². The average Bonchev–Trinajstić information content (AvgIpc) is 2.33. The summed E-state index contributed by atoms with van der Waals surface area (Å²) in [5, 5.41) is 4.96. The first-order valence-electron chi connectivity index (χ1n) is 5.63. The quantitative estimate of drug-likeness (QED) is 0.749. The fraction of sp³-hybridized carbons (Fsp3) is 0.385. The van der Waals surface area contributed by atoms with Crippen molar-refractivity contribution in [3.05, 3.63) is 38.3 Å². The molecule has 1 aromatic carbocycles. The van der Waals surface area contributed by atoms with E-state index in [1.165, 1.54) is 5.57 Å². The Kier molecular flexibility index (Phi) is 6.35. The lowest BCUT2D eigenvalue weighted by molar-refractivity contribution is 0.762. The molecule has 0 amide bonds. The maximum absolute atomic E-state index is 6.15. The van der Waals surface area contributed by atoms with Gasteiger partial charge in [0.15, 0.2) is 0 Å². The molecule has 0 radical (unpaired) electrons. The van der Waals surface area contributed by atoms with Gasteiger partial charge < -0.3 is 5.32 Å². The maximum Gasteiger partial charge on any atom is 0.0679 e. The topological polar surface area (TPSA) is 12.0 Å². The molecule has 1 nitrogen and oxygen atoms in total. The van der Waals surface area contributed by atoms with Gasteiger partial charge in [0, 0.05) is 17.1 Å². The number of rotatable bonds is 5. The monoisotopic (exact) mass is 291 g/mol. The number of hydrogen-bond acceptors (Lipinski definition) is 1. The highest BCUT2D eigenvalue weighted by atomic mass is 35.5. The molecule has 0 fully saturated rings. The molecule has 0 aliphatic carbocycles. The Labute approximate surface area is 118 Å². The van der Waals surface area contributed by atoms with Crippen molar-refractivity contribution in [2.75, 3.05) is 13.1 Å². The summed E-state index contributed by atoms with van der Waals surface area (Å²) >= 11 is 18.3. The van der Waals surface area contributed by atoms with Crippen LogP contribution in [0.2, 0.25) is 15.1 Å². The highest BCUT2D eigenvalue weighted by molar-refractivity contribution is 6.44. The van der Waals surface area contributed by atoms with Crippen molar-refractivity contribution in [3.63, 3.8) is 0 Å². The summed E-state index contributed by atoms with van der Waals surface area (Å²) in [4.78, 5) is 0. The summed E-state index contributed by atoms with van der Waals surface area (Å²) in [5.74, 6) is 0. The predicted octanol–water partition coefficient (Wildman–Crippen LogP) is 5.05. The lowest BCUT2D eigenvalue weighted by Gasteiger charge is -2.08. The summed E-state index contributed by atoms with van der Waals surface area (Å²) in [6.07, 6.45) is 2.96.